The van der Waals surface area contributed by atoms with Crippen LogP contribution in [-0.2, 0) is 16.4 Å². The maximum Gasteiger partial charge on any atom is 0.264 e. The van der Waals surface area contributed by atoms with Gasteiger partial charge in [-0.1, -0.05) is 23.7 Å². The maximum absolute atomic E-state index is 12.1. The van der Waals surface area contributed by atoms with Crippen molar-refractivity contribution in [2.24, 2.45) is 0 Å². The fraction of sp³-hybridized carbons (Fsp3) is 0.0769. The molecule has 0 spiro atoms. The first-order valence-corrected chi connectivity index (χ1v) is 7.48. The van der Waals surface area contributed by atoms with E-state index in [9.17, 15) is 8.42 Å². The Hall–Kier alpha value is -2.10. The van der Waals surface area contributed by atoms with Gasteiger partial charge < -0.3 is 0 Å². The third-order valence-electron chi connectivity index (χ3n) is 2.50. The van der Waals surface area contributed by atoms with E-state index in [2.05, 4.69) is 9.71 Å². The summed E-state index contributed by atoms with van der Waals surface area (Å²) in [5.41, 5.74) is 1.21. The molecule has 0 unspecified atom stereocenters. The third-order valence-corrected chi connectivity index (χ3v) is 4.33. The van der Waals surface area contributed by atoms with Crippen molar-refractivity contribution in [3.05, 3.63) is 53.3 Å². The van der Waals surface area contributed by atoms with E-state index in [0.29, 0.717) is 5.69 Å². The summed E-state index contributed by atoms with van der Waals surface area (Å²) in [6.45, 7) is 0. The molecule has 0 aliphatic heterocycles. The Morgan fingerprint density at radius 1 is 1.25 bits per heavy atom. The zero-order chi connectivity index (χ0) is 14.6. The number of halogens is 1. The Bertz CT molecular complexity index is 752. The van der Waals surface area contributed by atoms with Crippen molar-refractivity contribution in [3.63, 3.8) is 0 Å². The average Bonchev–Trinajstić information content (AvgIpc) is 2.41. The maximum atomic E-state index is 12.1. The number of rotatable bonds is 4. The second-order valence-electron chi connectivity index (χ2n) is 3.93. The molecular weight excluding hydrogens is 298 g/mol. The quantitative estimate of drug-likeness (QED) is 0.880. The average molecular weight is 308 g/mol. The molecule has 2 rings (SSSR count). The number of sulfonamides is 1. The number of pyridine rings is 1. The molecule has 0 bridgehead atoms. The Kier molecular flexibility index (Phi) is 4.23. The lowest BCUT2D eigenvalue weighted by molar-refractivity contribution is 0.601. The van der Waals surface area contributed by atoms with Gasteiger partial charge in [-0.25, -0.2) is 13.4 Å². The number of anilines is 1. The predicted octanol–water partition coefficient (Wildman–Crippen LogP) is 2.60. The number of nitrogens with one attached hydrogen (secondary N) is 1. The van der Waals surface area contributed by atoms with Crippen LogP contribution in [0, 0.1) is 11.3 Å². The van der Waals surface area contributed by atoms with Crippen molar-refractivity contribution in [2.45, 2.75) is 11.3 Å². The van der Waals surface area contributed by atoms with E-state index in [1.165, 1.54) is 18.3 Å². The molecule has 1 aromatic heterocycles. The summed E-state index contributed by atoms with van der Waals surface area (Å²) in [5, 5.41) is 8.49. The molecular formula is C13H10ClN3O2S. The van der Waals surface area contributed by atoms with Gasteiger partial charge in [-0.3, -0.25) is 4.72 Å². The highest BCUT2D eigenvalue weighted by Crippen LogP contribution is 2.21. The highest BCUT2D eigenvalue weighted by atomic mass is 35.5. The van der Waals surface area contributed by atoms with Crippen molar-refractivity contribution in [3.8, 4) is 6.07 Å². The van der Waals surface area contributed by atoms with Crippen molar-refractivity contribution in [2.75, 3.05) is 4.72 Å². The highest BCUT2D eigenvalue weighted by molar-refractivity contribution is 7.92. The Morgan fingerprint density at radius 3 is 2.55 bits per heavy atom. The van der Waals surface area contributed by atoms with Crippen LogP contribution in [0.4, 0.5) is 5.69 Å². The Labute approximate surface area is 121 Å². The first-order valence-electron chi connectivity index (χ1n) is 5.62. The molecule has 0 radical (unpaired) electrons. The van der Waals surface area contributed by atoms with Crippen molar-refractivity contribution < 1.29 is 8.42 Å². The standard InChI is InChI=1S/C13H10ClN3O2S/c14-13-12(2-1-9-16-13)20(18,19)17-11-5-3-10(4-6-11)7-8-15/h1-6,9,17H,7H2. The summed E-state index contributed by atoms with van der Waals surface area (Å²) >= 11 is 5.78. The molecule has 0 amide bonds. The summed E-state index contributed by atoms with van der Waals surface area (Å²) in [4.78, 5) is 3.65. The Balaban J connectivity index is 2.25. The lowest BCUT2D eigenvalue weighted by atomic mass is 10.1. The smallest absolute Gasteiger partial charge is 0.264 e. The minimum Gasteiger partial charge on any atom is -0.280 e. The van der Waals surface area contributed by atoms with Gasteiger partial charge in [-0.15, -0.1) is 0 Å². The fourth-order valence-corrected chi connectivity index (χ4v) is 3.08. The van der Waals surface area contributed by atoms with Gasteiger partial charge in [0.2, 0.25) is 0 Å². The normalized spacial score (nSPS) is 10.8. The van der Waals surface area contributed by atoms with E-state index < -0.39 is 10.0 Å². The molecule has 1 heterocycles. The predicted molar refractivity (Wildman–Crippen MR) is 75.8 cm³/mol. The molecule has 5 nitrogen and oxygen atoms in total. The first kappa shape index (κ1) is 14.3. The monoisotopic (exact) mass is 307 g/mol. The second-order valence-corrected chi connectivity index (χ2v) is 5.94. The van der Waals surface area contributed by atoms with Gasteiger partial charge in [-0.2, -0.15) is 5.26 Å². The summed E-state index contributed by atoms with van der Waals surface area (Å²) in [7, 11) is -3.78. The molecule has 20 heavy (non-hydrogen) atoms. The van der Waals surface area contributed by atoms with E-state index in [0.717, 1.165) is 5.56 Å². The van der Waals surface area contributed by atoms with E-state index in [1.807, 2.05) is 6.07 Å². The molecule has 102 valence electrons. The minimum absolute atomic E-state index is 0.0808. The van der Waals surface area contributed by atoms with Crippen LogP contribution >= 0.6 is 11.6 Å². The Morgan fingerprint density at radius 2 is 1.95 bits per heavy atom. The van der Waals surface area contributed by atoms with Crippen molar-refractivity contribution in [1.82, 2.24) is 4.98 Å². The number of nitrogens with zero attached hydrogens (tertiary/aromatic N) is 2. The van der Waals surface area contributed by atoms with Gasteiger partial charge in [0, 0.05) is 11.9 Å². The van der Waals surface area contributed by atoms with Crippen LogP contribution in [0.15, 0.2) is 47.5 Å². The van der Waals surface area contributed by atoms with Crippen LogP contribution in [-0.4, -0.2) is 13.4 Å². The highest BCUT2D eigenvalue weighted by Gasteiger charge is 2.18. The molecule has 0 aliphatic rings. The number of benzene rings is 1. The SMILES string of the molecule is N#CCc1ccc(NS(=O)(=O)c2cccnc2Cl)cc1. The van der Waals surface area contributed by atoms with Gasteiger partial charge in [0.1, 0.15) is 10.0 Å². The summed E-state index contributed by atoms with van der Waals surface area (Å²) < 4.78 is 26.7. The summed E-state index contributed by atoms with van der Waals surface area (Å²) in [5.74, 6) is 0. The van der Waals surface area contributed by atoms with Crippen LogP contribution in [0.3, 0.4) is 0 Å². The molecule has 2 aromatic rings. The van der Waals surface area contributed by atoms with Gasteiger partial charge in [-0.05, 0) is 29.8 Å². The fourth-order valence-electron chi connectivity index (χ4n) is 1.56. The van der Waals surface area contributed by atoms with E-state index in [-0.39, 0.29) is 16.5 Å². The molecule has 0 saturated heterocycles. The van der Waals surface area contributed by atoms with Gasteiger partial charge >= 0.3 is 0 Å². The zero-order valence-corrected chi connectivity index (χ0v) is 11.8. The van der Waals surface area contributed by atoms with E-state index in [1.54, 1.807) is 24.3 Å². The van der Waals surface area contributed by atoms with Crippen LogP contribution in [0.1, 0.15) is 5.56 Å². The molecule has 0 aliphatic carbocycles. The van der Waals surface area contributed by atoms with Crippen LogP contribution in [0.25, 0.3) is 0 Å². The van der Waals surface area contributed by atoms with E-state index in [4.69, 9.17) is 16.9 Å². The molecule has 1 aromatic carbocycles. The largest absolute Gasteiger partial charge is 0.280 e. The topological polar surface area (TPSA) is 82.9 Å². The number of hydrogen-bond donors (Lipinski definition) is 1. The number of nitriles is 1. The minimum atomic E-state index is -3.78. The number of aromatic nitrogens is 1. The van der Waals surface area contributed by atoms with Crippen LogP contribution < -0.4 is 4.72 Å². The van der Waals surface area contributed by atoms with Crippen LogP contribution in [0.2, 0.25) is 5.15 Å². The summed E-state index contributed by atoms with van der Waals surface area (Å²) in [6, 6.07) is 11.5. The summed E-state index contributed by atoms with van der Waals surface area (Å²) in [6.07, 6.45) is 1.69. The zero-order valence-electron chi connectivity index (χ0n) is 10.2. The first-order chi connectivity index (χ1) is 9.53. The lowest BCUT2D eigenvalue weighted by Gasteiger charge is -2.09. The van der Waals surface area contributed by atoms with Gasteiger partial charge in [0.25, 0.3) is 10.0 Å². The van der Waals surface area contributed by atoms with E-state index >= 15 is 0 Å². The van der Waals surface area contributed by atoms with Gasteiger partial charge in [0.15, 0.2) is 0 Å². The van der Waals surface area contributed by atoms with Crippen molar-refractivity contribution in [1.29, 1.82) is 5.26 Å². The van der Waals surface area contributed by atoms with Gasteiger partial charge in [0.05, 0.1) is 12.5 Å². The van der Waals surface area contributed by atoms with Crippen molar-refractivity contribution >= 4 is 27.3 Å². The molecule has 0 fully saturated rings. The lowest BCUT2D eigenvalue weighted by Crippen LogP contribution is -2.13. The second kappa shape index (κ2) is 5.90. The molecule has 0 atom stereocenters. The molecule has 7 heteroatoms. The third kappa shape index (κ3) is 3.26. The molecule has 0 saturated carbocycles. The van der Waals surface area contributed by atoms with Crippen LogP contribution in [0.5, 0.6) is 0 Å². The molecule has 1 N–H and O–H groups in total. The number of hydrogen-bond acceptors (Lipinski definition) is 4.